The minimum Gasteiger partial charge on any atom is -0.495 e. The lowest BCUT2D eigenvalue weighted by molar-refractivity contribution is -0.147. The van der Waals surface area contributed by atoms with Crippen LogP contribution in [0.1, 0.15) is 23.6 Å². The molecular weight excluding hydrogens is 375 g/mol. The second kappa shape index (κ2) is 7.56. The number of aryl methyl sites for hydroxylation is 1. The molecule has 0 saturated carbocycles. The van der Waals surface area contributed by atoms with E-state index in [0.29, 0.717) is 35.0 Å². The monoisotopic (exact) mass is 392 g/mol. The molecule has 0 aliphatic carbocycles. The summed E-state index contributed by atoms with van der Waals surface area (Å²) in [5, 5.41) is 3.55. The van der Waals surface area contributed by atoms with Crippen molar-refractivity contribution in [1.82, 2.24) is 4.90 Å². The Labute approximate surface area is 161 Å². The molecule has 26 heavy (non-hydrogen) atoms. The molecule has 1 fully saturated rings. The maximum absolute atomic E-state index is 13.1. The fourth-order valence-electron chi connectivity index (χ4n) is 2.97. The molecule has 3 rings (SSSR count). The van der Waals surface area contributed by atoms with Crippen LogP contribution in [0.2, 0.25) is 10.0 Å². The van der Waals surface area contributed by atoms with E-state index in [4.69, 9.17) is 27.9 Å². The molecule has 1 saturated heterocycles. The predicted molar refractivity (Wildman–Crippen MR) is 102 cm³/mol. The SMILES string of the molecule is COc1c(Cl)cc(Cl)cc1[C@@H](C(=O)Nc1ccccc1C)N1CCC1=O. The van der Waals surface area contributed by atoms with Crippen molar-refractivity contribution in [2.45, 2.75) is 19.4 Å². The van der Waals surface area contributed by atoms with Crippen LogP contribution in [0.3, 0.4) is 0 Å². The molecule has 1 aliphatic heterocycles. The first-order valence-electron chi connectivity index (χ1n) is 8.11. The molecule has 1 N–H and O–H groups in total. The van der Waals surface area contributed by atoms with Gasteiger partial charge in [0.2, 0.25) is 5.91 Å². The molecule has 2 amide bonds. The first-order valence-corrected chi connectivity index (χ1v) is 8.87. The van der Waals surface area contributed by atoms with Crippen LogP contribution in [0.5, 0.6) is 5.75 Å². The lowest BCUT2D eigenvalue weighted by Crippen LogP contribution is -2.49. The Balaban J connectivity index is 2.03. The van der Waals surface area contributed by atoms with Gasteiger partial charge in [-0.15, -0.1) is 0 Å². The summed E-state index contributed by atoms with van der Waals surface area (Å²) in [6.07, 6.45) is 0.407. The summed E-state index contributed by atoms with van der Waals surface area (Å²) in [6.45, 7) is 2.38. The number of likely N-dealkylation sites (tertiary alicyclic amines) is 1. The normalized spacial score (nSPS) is 14.6. The lowest BCUT2D eigenvalue weighted by Gasteiger charge is -2.38. The number of β-lactam (4-membered cyclic amide) rings is 1. The molecule has 0 spiro atoms. The number of halogens is 2. The largest absolute Gasteiger partial charge is 0.495 e. The van der Waals surface area contributed by atoms with Gasteiger partial charge in [0.15, 0.2) is 0 Å². The van der Waals surface area contributed by atoms with Crippen molar-refractivity contribution >= 4 is 40.7 Å². The summed E-state index contributed by atoms with van der Waals surface area (Å²) in [7, 11) is 1.47. The third-order valence-electron chi connectivity index (χ3n) is 4.39. The van der Waals surface area contributed by atoms with E-state index < -0.39 is 6.04 Å². The predicted octanol–water partition coefficient (Wildman–Crippen LogP) is 4.22. The van der Waals surface area contributed by atoms with Crippen molar-refractivity contribution in [3.63, 3.8) is 0 Å². The Morgan fingerprint density at radius 3 is 2.58 bits per heavy atom. The van der Waals surface area contributed by atoms with Crippen molar-refractivity contribution in [2.75, 3.05) is 19.0 Å². The van der Waals surface area contributed by atoms with E-state index >= 15 is 0 Å². The van der Waals surface area contributed by atoms with E-state index in [1.807, 2.05) is 31.2 Å². The Bertz CT molecular complexity index is 870. The minimum absolute atomic E-state index is 0.104. The topological polar surface area (TPSA) is 58.6 Å². The molecule has 5 nitrogen and oxygen atoms in total. The number of methoxy groups -OCH3 is 1. The molecule has 1 aliphatic rings. The van der Waals surface area contributed by atoms with Gasteiger partial charge in [0, 0.05) is 29.2 Å². The molecule has 0 unspecified atom stereocenters. The molecule has 2 aromatic rings. The highest BCUT2D eigenvalue weighted by atomic mass is 35.5. The summed E-state index contributed by atoms with van der Waals surface area (Å²) in [5.41, 5.74) is 2.07. The molecule has 0 aromatic heterocycles. The number of para-hydroxylation sites is 1. The highest BCUT2D eigenvalue weighted by Gasteiger charge is 2.39. The minimum atomic E-state index is -0.873. The molecule has 136 valence electrons. The number of nitrogens with one attached hydrogen (secondary N) is 1. The van der Waals surface area contributed by atoms with Crippen LogP contribution in [-0.2, 0) is 9.59 Å². The summed E-state index contributed by atoms with van der Waals surface area (Å²) >= 11 is 12.4. The van der Waals surface area contributed by atoms with Crippen LogP contribution in [-0.4, -0.2) is 30.4 Å². The molecule has 2 aromatic carbocycles. The maximum atomic E-state index is 13.1. The van der Waals surface area contributed by atoms with Crippen LogP contribution < -0.4 is 10.1 Å². The Hall–Kier alpha value is -2.24. The zero-order valence-electron chi connectivity index (χ0n) is 14.4. The van der Waals surface area contributed by atoms with Gasteiger partial charge in [-0.05, 0) is 30.7 Å². The van der Waals surface area contributed by atoms with E-state index in [-0.39, 0.29) is 16.8 Å². The number of anilines is 1. The van der Waals surface area contributed by atoms with Crippen LogP contribution in [0.4, 0.5) is 5.69 Å². The molecular formula is C19H18Cl2N2O3. The standard InChI is InChI=1S/C19H18Cl2N2O3/c1-11-5-3-4-6-15(11)22-19(25)17(23-8-7-16(23)24)13-9-12(20)10-14(21)18(13)26-2/h3-6,9-10,17H,7-8H2,1-2H3,(H,22,25)/t17-/m0/s1. The first kappa shape index (κ1) is 18.5. The molecule has 0 radical (unpaired) electrons. The van der Waals surface area contributed by atoms with Gasteiger partial charge in [0.25, 0.3) is 5.91 Å². The van der Waals surface area contributed by atoms with Gasteiger partial charge in [-0.1, -0.05) is 41.4 Å². The number of hydrogen-bond acceptors (Lipinski definition) is 3. The number of amides is 2. The van der Waals surface area contributed by atoms with Gasteiger partial charge in [-0.3, -0.25) is 9.59 Å². The van der Waals surface area contributed by atoms with Crippen molar-refractivity contribution in [2.24, 2.45) is 0 Å². The average molecular weight is 393 g/mol. The summed E-state index contributed by atoms with van der Waals surface area (Å²) < 4.78 is 5.38. The molecule has 1 heterocycles. The average Bonchev–Trinajstić information content (AvgIpc) is 2.59. The zero-order chi connectivity index (χ0) is 18.8. The van der Waals surface area contributed by atoms with Crippen LogP contribution >= 0.6 is 23.2 Å². The van der Waals surface area contributed by atoms with Gasteiger partial charge in [-0.25, -0.2) is 0 Å². The lowest BCUT2D eigenvalue weighted by atomic mass is 9.98. The number of rotatable bonds is 5. The number of nitrogens with zero attached hydrogens (tertiary/aromatic N) is 1. The van der Waals surface area contributed by atoms with E-state index in [9.17, 15) is 9.59 Å². The quantitative estimate of drug-likeness (QED) is 0.774. The van der Waals surface area contributed by atoms with Gasteiger partial charge in [-0.2, -0.15) is 0 Å². The Kier molecular flexibility index (Phi) is 5.39. The Morgan fingerprint density at radius 2 is 2.00 bits per heavy atom. The van der Waals surface area contributed by atoms with E-state index in [1.165, 1.54) is 12.0 Å². The maximum Gasteiger partial charge on any atom is 0.251 e. The zero-order valence-corrected chi connectivity index (χ0v) is 15.9. The molecule has 1 atom stereocenters. The number of ether oxygens (including phenoxy) is 1. The summed E-state index contributed by atoms with van der Waals surface area (Å²) in [6, 6.07) is 9.71. The smallest absolute Gasteiger partial charge is 0.251 e. The van der Waals surface area contributed by atoms with Gasteiger partial charge < -0.3 is 15.0 Å². The summed E-state index contributed by atoms with van der Waals surface area (Å²) in [5.74, 6) is -0.113. The van der Waals surface area contributed by atoms with Crippen molar-refractivity contribution in [1.29, 1.82) is 0 Å². The highest BCUT2D eigenvalue weighted by Crippen LogP contribution is 2.40. The first-order chi connectivity index (χ1) is 12.4. The summed E-state index contributed by atoms with van der Waals surface area (Å²) in [4.78, 5) is 26.7. The Morgan fingerprint density at radius 1 is 1.27 bits per heavy atom. The highest BCUT2D eigenvalue weighted by molar-refractivity contribution is 6.35. The van der Waals surface area contributed by atoms with Gasteiger partial charge >= 0.3 is 0 Å². The third-order valence-corrected chi connectivity index (χ3v) is 4.88. The van der Waals surface area contributed by atoms with Gasteiger partial charge in [0.1, 0.15) is 11.8 Å². The van der Waals surface area contributed by atoms with Crippen molar-refractivity contribution < 1.29 is 14.3 Å². The van der Waals surface area contributed by atoms with Gasteiger partial charge in [0.05, 0.1) is 12.1 Å². The van der Waals surface area contributed by atoms with Crippen molar-refractivity contribution in [3.05, 3.63) is 57.6 Å². The van der Waals surface area contributed by atoms with Crippen LogP contribution in [0, 0.1) is 6.92 Å². The van der Waals surface area contributed by atoms with Crippen molar-refractivity contribution in [3.8, 4) is 5.75 Å². The third kappa shape index (κ3) is 3.50. The molecule has 0 bridgehead atoms. The molecule has 7 heteroatoms. The van der Waals surface area contributed by atoms with E-state index in [0.717, 1.165) is 5.56 Å². The van der Waals surface area contributed by atoms with E-state index in [1.54, 1.807) is 12.1 Å². The second-order valence-electron chi connectivity index (χ2n) is 6.05. The number of carbonyl (C=O) groups excluding carboxylic acids is 2. The number of carbonyl (C=O) groups is 2. The number of benzene rings is 2. The van der Waals surface area contributed by atoms with Crippen LogP contribution in [0.25, 0.3) is 0 Å². The van der Waals surface area contributed by atoms with E-state index in [2.05, 4.69) is 5.32 Å². The van der Waals surface area contributed by atoms with Crippen LogP contribution in [0.15, 0.2) is 36.4 Å². The number of hydrogen-bond donors (Lipinski definition) is 1. The fourth-order valence-corrected chi connectivity index (χ4v) is 3.56. The second-order valence-corrected chi connectivity index (χ2v) is 6.90. The fraction of sp³-hybridized carbons (Fsp3) is 0.263.